The van der Waals surface area contributed by atoms with Crippen LogP contribution in [0.5, 0.6) is 0 Å². The van der Waals surface area contributed by atoms with E-state index in [4.69, 9.17) is 0 Å². The van der Waals surface area contributed by atoms with Gasteiger partial charge in [0.05, 0.1) is 4.92 Å². The number of piperazine rings is 1. The lowest BCUT2D eigenvalue weighted by Crippen LogP contribution is -2.44. The number of non-ortho nitro benzene ring substituents is 1. The van der Waals surface area contributed by atoms with Gasteiger partial charge in [0.2, 0.25) is 0 Å². The Balaban J connectivity index is 1.61. The normalized spacial score (nSPS) is 15.7. The number of aryl methyl sites for hydroxylation is 1. The average Bonchev–Trinajstić information content (AvgIpc) is 2.69. The molecule has 0 aliphatic carbocycles. The zero-order chi connectivity index (χ0) is 19.1. The van der Waals surface area contributed by atoms with E-state index in [1.807, 2.05) is 24.3 Å². The maximum atomic E-state index is 11.2. The summed E-state index contributed by atoms with van der Waals surface area (Å²) in [6, 6.07) is 15.6. The van der Waals surface area contributed by atoms with Crippen molar-refractivity contribution in [1.82, 2.24) is 9.80 Å². The maximum absolute atomic E-state index is 11.2. The molecule has 0 N–H and O–H groups in total. The molecule has 0 atom stereocenters. The van der Waals surface area contributed by atoms with Crippen LogP contribution in [0.1, 0.15) is 17.5 Å². The highest BCUT2D eigenvalue weighted by Crippen LogP contribution is 2.30. The zero-order valence-electron chi connectivity index (χ0n) is 15.8. The Morgan fingerprint density at radius 1 is 1.07 bits per heavy atom. The molecule has 0 bridgehead atoms. The first kappa shape index (κ1) is 19.9. The molecule has 2 aromatic carbocycles. The summed E-state index contributed by atoms with van der Waals surface area (Å²) in [6.45, 7) is 5.52. The van der Waals surface area contributed by atoms with Gasteiger partial charge < -0.3 is 9.80 Å². The molecule has 0 aromatic heterocycles. The quantitative estimate of drug-likeness (QED) is 0.389. The third kappa shape index (κ3) is 6.06. The van der Waals surface area contributed by atoms with Crippen molar-refractivity contribution in [3.05, 3.63) is 69.8 Å². The number of nitrogens with zero attached hydrogens (tertiary/aromatic N) is 3. The Labute approximate surface area is 165 Å². The fraction of sp³-hybridized carbons (Fsp3) is 0.429. The lowest BCUT2D eigenvalue weighted by Gasteiger charge is -2.32. The number of hydrogen-bond acceptors (Lipinski definition) is 5. The molecule has 0 amide bonds. The molecule has 6 heteroatoms. The second kappa shape index (κ2) is 9.88. The molecule has 1 heterocycles. The third-order valence-electron chi connectivity index (χ3n) is 5.01. The molecule has 0 radical (unpaired) electrons. The Kier molecular flexibility index (Phi) is 7.26. The summed E-state index contributed by atoms with van der Waals surface area (Å²) in [7, 11) is 2.16. The van der Waals surface area contributed by atoms with Crippen LogP contribution < -0.4 is 0 Å². The maximum Gasteiger partial charge on any atom is 0.269 e. The molecule has 1 fully saturated rings. The van der Waals surface area contributed by atoms with Crippen molar-refractivity contribution in [3.63, 3.8) is 0 Å². The van der Waals surface area contributed by atoms with Crippen molar-refractivity contribution in [3.8, 4) is 0 Å². The van der Waals surface area contributed by atoms with Gasteiger partial charge in [-0.15, -0.1) is 11.8 Å². The Morgan fingerprint density at radius 3 is 2.52 bits per heavy atom. The van der Waals surface area contributed by atoms with Gasteiger partial charge in [0.15, 0.2) is 0 Å². The van der Waals surface area contributed by atoms with E-state index < -0.39 is 0 Å². The van der Waals surface area contributed by atoms with Crippen molar-refractivity contribution in [2.75, 3.05) is 39.8 Å². The summed E-state index contributed by atoms with van der Waals surface area (Å²) < 4.78 is 0. The lowest BCUT2D eigenvalue weighted by atomic mass is 10.1. The highest BCUT2D eigenvalue weighted by atomic mass is 32.2. The molecule has 1 aliphatic heterocycles. The average molecular weight is 386 g/mol. The van der Waals surface area contributed by atoms with Crippen LogP contribution in [0.2, 0.25) is 0 Å². The molecule has 3 rings (SSSR count). The van der Waals surface area contributed by atoms with Crippen LogP contribution in [-0.2, 0) is 12.2 Å². The minimum absolute atomic E-state index is 0.189. The van der Waals surface area contributed by atoms with Gasteiger partial charge in [0.25, 0.3) is 5.69 Å². The number of likely N-dealkylation sites (N-methyl/N-ethyl adjacent to an activating group) is 1. The van der Waals surface area contributed by atoms with Gasteiger partial charge in [-0.1, -0.05) is 30.3 Å². The van der Waals surface area contributed by atoms with E-state index in [0.29, 0.717) is 0 Å². The molecule has 27 heavy (non-hydrogen) atoms. The summed E-state index contributed by atoms with van der Waals surface area (Å²) in [6.07, 6.45) is 1.91. The van der Waals surface area contributed by atoms with Crippen molar-refractivity contribution in [2.24, 2.45) is 0 Å². The third-order valence-corrected chi connectivity index (χ3v) is 6.20. The van der Waals surface area contributed by atoms with Gasteiger partial charge in [0, 0.05) is 49.0 Å². The van der Waals surface area contributed by atoms with Gasteiger partial charge in [-0.25, -0.2) is 0 Å². The molecule has 0 unspecified atom stereocenters. The number of hydrogen-bond donors (Lipinski definition) is 0. The predicted octanol–water partition coefficient (Wildman–Crippen LogP) is 4.07. The molecule has 1 aliphatic rings. The molecular weight excluding hydrogens is 358 g/mol. The van der Waals surface area contributed by atoms with E-state index >= 15 is 0 Å². The molecule has 144 valence electrons. The van der Waals surface area contributed by atoms with Gasteiger partial charge in [-0.2, -0.15) is 0 Å². The molecule has 5 nitrogen and oxygen atoms in total. The first-order chi connectivity index (χ1) is 13.1. The molecule has 1 saturated heterocycles. The summed E-state index contributed by atoms with van der Waals surface area (Å²) in [5, 5.41) is 11.2. The largest absolute Gasteiger partial charge is 0.304 e. The topological polar surface area (TPSA) is 49.6 Å². The highest BCUT2D eigenvalue weighted by molar-refractivity contribution is 7.98. The van der Waals surface area contributed by atoms with Crippen molar-refractivity contribution < 1.29 is 4.92 Å². The second-order valence-electron chi connectivity index (χ2n) is 7.07. The number of nitro benzene ring substituents is 1. The fourth-order valence-electron chi connectivity index (χ4n) is 3.32. The monoisotopic (exact) mass is 385 g/mol. The molecule has 0 spiro atoms. The van der Waals surface area contributed by atoms with Crippen LogP contribution >= 0.6 is 11.8 Å². The van der Waals surface area contributed by atoms with Gasteiger partial charge >= 0.3 is 0 Å². The van der Waals surface area contributed by atoms with Crippen LogP contribution in [0.3, 0.4) is 0 Å². The van der Waals surface area contributed by atoms with Crippen LogP contribution in [0, 0.1) is 10.1 Å². The SMILES string of the molecule is CN1CCN(CCCc2cc([N+](=O)[O-])ccc2SCc2ccccc2)CC1. The molecule has 2 aromatic rings. The van der Waals surface area contributed by atoms with E-state index in [1.54, 1.807) is 23.9 Å². The Morgan fingerprint density at radius 2 is 1.81 bits per heavy atom. The first-order valence-electron chi connectivity index (χ1n) is 9.47. The Hall–Kier alpha value is -1.89. The standard InChI is InChI=1S/C21H27N3O2S/c1-22-12-14-23(15-13-22)11-5-8-19-16-20(24(25)26)9-10-21(19)27-17-18-6-3-2-4-7-18/h2-4,6-7,9-10,16H,5,8,11-15,17H2,1H3. The summed E-state index contributed by atoms with van der Waals surface area (Å²) >= 11 is 1.76. The van der Waals surface area contributed by atoms with Crippen molar-refractivity contribution in [1.29, 1.82) is 0 Å². The van der Waals surface area contributed by atoms with Crippen LogP contribution in [0.4, 0.5) is 5.69 Å². The minimum Gasteiger partial charge on any atom is -0.304 e. The van der Waals surface area contributed by atoms with E-state index in [2.05, 4.69) is 29.0 Å². The van der Waals surface area contributed by atoms with Crippen LogP contribution in [0.25, 0.3) is 0 Å². The van der Waals surface area contributed by atoms with Gasteiger partial charge in [0.1, 0.15) is 0 Å². The fourth-order valence-corrected chi connectivity index (χ4v) is 4.34. The lowest BCUT2D eigenvalue weighted by molar-refractivity contribution is -0.385. The highest BCUT2D eigenvalue weighted by Gasteiger charge is 2.15. The predicted molar refractivity (Wildman–Crippen MR) is 111 cm³/mol. The van der Waals surface area contributed by atoms with E-state index in [9.17, 15) is 10.1 Å². The summed E-state index contributed by atoms with van der Waals surface area (Å²) in [5.41, 5.74) is 2.55. The molecule has 0 saturated carbocycles. The van der Waals surface area contributed by atoms with E-state index in [0.717, 1.165) is 61.8 Å². The van der Waals surface area contributed by atoms with Crippen molar-refractivity contribution >= 4 is 17.4 Å². The number of thioether (sulfide) groups is 1. The zero-order valence-corrected chi connectivity index (χ0v) is 16.7. The minimum atomic E-state index is -0.296. The smallest absolute Gasteiger partial charge is 0.269 e. The van der Waals surface area contributed by atoms with Gasteiger partial charge in [-0.3, -0.25) is 10.1 Å². The van der Waals surface area contributed by atoms with Crippen molar-refractivity contribution in [2.45, 2.75) is 23.5 Å². The second-order valence-corrected chi connectivity index (χ2v) is 8.09. The van der Waals surface area contributed by atoms with Crippen LogP contribution in [0.15, 0.2) is 53.4 Å². The molecular formula is C21H27N3O2S. The van der Waals surface area contributed by atoms with Crippen LogP contribution in [-0.4, -0.2) is 54.5 Å². The Bertz CT molecular complexity index is 746. The van der Waals surface area contributed by atoms with E-state index in [-0.39, 0.29) is 10.6 Å². The number of rotatable bonds is 8. The summed E-state index contributed by atoms with van der Waals surface area (Å²) in [4.78, 5) is 16.9. The van der Waals surface area contributed by atoms with E-state index in [1.165, 1.54) is 5.56 Å². The number of nitro groups is 1. The van der Waals surface area contributed by atoms with Gasteiger partial charge in [-0.05, 0) is 43.6 Å². The first-order valence-corrected chi connectivity index (χ1v) is 10.5. The summed E-state index contributed by atoms with van der Waals surface area (Å²) in [5.74, 6) is 0.879. The number of benzene rings is 2.